The fourth-order valence-electron chi connectivity index (χ4n) is 2.10. The molecule has 0 radical (unpaired) electrons. The Balaban J connectivity index is 2.89. The molecule has 0 aliphatic rings. The van der Waals surface area contributed by atoms with Gasteiger partial charge in [-0.1, -0.05) is 26.0 Å². The average molecular weight is 221 g/mol. The van der Waals surface area contributed by atoms with Crippen molar-refractivity contribution in [3.63, 3.8) is 0 Å². The molecule has 1 aromatic rings. The second-order valence-electron chi connectivity index (χ2n) is 5.03. The normalized spacial score (nSPS) is 13.6. The van der Waals surface area contributed by atoms with Gasteiger partial charge >= 0.3 is 0 Å². The van der Waals surface area contributed by atoms with Crippen LogP contribution in [-0.4, -0.2) is 12.6 Å². The Labute approximate surface area is 98.8 Å². The molecule has 0 amide bonds. The van der Waals surface area contributed by atoms with Crippen LogP contribution >= 0.6 is 0 Å². The molecule has 0 aromatic heterocycles. The summed E-state index contributed by atoms with van der Waals surface area (Å²) in [5.74, 6) is 0.942. The zero-order valence-electron chi connectivity index (χ0n) is 10.8. The first-order chi connectivity index (χ1) is 7.45. The van der Waals surface area contributed by atoms with Crippen molar-refractivity contribution in [1.82, 2.24) is 0 Å². The Hall–Kier alpha value is -1.02. The average Bonchev–Trinajstić information content (AvgIpc) is 2.16. The third-order valence-electron chi connectivity index (χ3n) is 2.76. The quantitative estimate of drug-likeness (QED) is 0.829. The highest BCUT2D eigenvalue weighted by atomic mass is 16.5. The van der Waals surface area contributed by atoms with Gasteiger partial charge in [-0.3, -0.25) is 0 Å². The van der Waals surface area contributed by atoms with Crippen LogP contribution < -0.4 is 10.5 Å². The molecule has 0 aliphatic carbocycles. The van der Waals surface area contributed by atoms with E-state index in [2.05, 4.69) is 26.0 Å². The highest BCUT2D eigenvalue weighted by molar-refractivity contribution is 5.33. The lowest BCUT2D eigenvalue weighted by Gasteiger charge is -2.27. The summed E-state index contributed by atoms with van der Waals surface area (Å²) in [7, 11) is 0. The molecule has 2 heteroatoms. The van der Waals surface area contributed by atoms with Crippen molar-refractivity contribution < 1.29 is 4.74 Å². The van der Waals surface area contributed by atoms with Crippen molar-refractivity contribution >= 4 is 0 Å². The molecule has 1 unspecified atom stereocenters. The molecule has 1 rings (SSSR count). The smallest absolute Gasteiger partial charge is 0.119 e. The Morgan fingerprint density at radius 2 is 2.06 bits per heavy atom. The molecule has 0 saturated carbocycles. The van der Waals surface area contributed by atoms with Gasteiger partial charge in [0.15, 0.2) is 0 Å². The lowest BCUT2D eigenvalue weighted by Crippen LogP contribution is -2.28. The first kappa shape index (κ1) is 13.0. The van der Waals surface area contributed by atoms with Crippen LogP contribution in [0.25, 0.3) is 0 Å². The Bertz CT molecular complexity index is 331. The highest BCUT2D eigenvalue weighted by Crippen LogP contribution is 2.30. The van der Waals surface area contributed by atoms with Crippen molar-refractivity contribution in [3.8, 4) is 5.75 Å². The monoisotopic (exact) mass is 221 g/mol. The van der Waals surface area contributed by atoms with Gasteiger partial charge in [0.2, 0.25) is 0 Å². The van der Waals surface area contributed by atoms with E-state index < -0.39 is 0 Å². The van der Waals surface area contributed by atoms with E-state index in [0.29, 0.717) is 6.61 Å². The summed E-state index contributed by atoms with van der Waals surface area (Å²) in [5, 5.41) is 0. The van der Waals surface area contributed by atoms with Gasteiger partial charge in [0.05, 0.1) is 6.61 Å². The molecular formula is C14H23NO. The molecule has 1 aromatic carbocycles. The van der Waals surface area contributed by atoms with Crippen molar-refractivity contribution in [1.29, 1.82) is 0 Å². The predicted octanol–water partition coefficient (Wildman–Crippen LogP) is 3.10. The maximum Gasteiger partial charge on any atom is 0.119 e. The molecule has 2 N–H and O–H groups in total. The maximum absolute atomic E-state index is 5.88. The minimum absolute atomic E-state index is 0.0985. The minimum atomic E-state index is 0.0985. The van der Waals surface area contributed by atoms with Gasteiger partial charge in [0, 0.05) is 6.04 Å². The van der Waals surface area contributed by atoms with Crippen LogP contribution in [0.15, 0.2) is 24.3 Å². The maximum atomic E-state index is 5.88. The van der Waals surface area contributed by atoms with Crippen molar-refractivity contribution in [2.75, 3.05) is 6.61 Å². The fraction of sp³-hybridized carbons (Fsp3) is 0.571. The van der Waals surface area contributed by atoms with Crippen molar-refractivity contribution in [3.05, 3.63) is 29.8 Å². The number of ether oxygens (including phenoxy) is 1. The Morgan fingerprint density at radius 1 is 1.38 bits per heavy atom. The molecule has 0 aliphatic heterocycles. The van der Waals surface area contributed by atoms with Crippen molar-refractivity contribution in [2.24, 2.45) is 5.73 Å². The predicted molar refractivity (Wildman–Crippen MR) is 68.9 cm³/mol. The first-order valence-electron chi connectivity index (χ1n) is 5.94. The van der Waals surface area contributed by atoms with E-state index in [-0.39, 0.29) is 11.5 Å². The Kier molecular flexibility index (Phi) is 4.36. The molecule has 0 spiro atoms. The molecule has 0 bridgehead atoms. The number of rotatable bonds is 5. The third-order valence-corrected chi connectivity index (χ3v) is 2.76. The van der Waals surface area contributed by atoms with E-state index >= 15 is 0 Å². The summed E-state index contributed by atoms with van der Waals surface area (Å²) in [4.78, 5) is 0. The van der Waals surface area contributed by atoms with Crippen LogP contribution in [-0.2, 0) is 5.41 Å². The molecule has 0 heterocycles. The number of hydrogen-bond donors (Lipinski definition) is 1. The van der Waals surface area contributed by atoms with Crippen LogP contribution in [0.4, 0.5) is 0 Å². The number of hydrogen-bond acceptors (Lipinski definition) is 2. The third kappa shape index (κ3) is 3.53. The topological polar surface area (TPSA) is 35.2 Å². The van der Waals surface area contributed by atoms with Gasteiger partial charge in [-0.25, -0.2) is 0 Å². The standard InChI is InChI=1S/C14H23NO/c1-5-16-13-8-6-7-12(9-13)14(3,4)10-11(2)15/h6-9,11H,5,10,15H2,1-4H3. The van der Waals surface area contributed by atoms with Crippen molar-refractivity contribution in [2.45, 2.75) is 45.6 Å². The second kappa shape index (κ2) is 5.35. The molecule has 90 valence electrons. The summed E-state index contributed by atoms with van der Waals surface area (Å²) in [6.07, 6.45) is 0.975. The van der Waals surface area contributed by atoms with Gasteiger partial charge in [-0.05, 0) is 43.4 Å². The lowest BCUT2D eigenvalue weighted by molar-refractivity contribution is 0.338. The summed E-state index contributed by atoms with van der Waals surface area (Å²) in [6, 6.07) is 8.51. The largest absolute Gasteiger partial charge is 0.494 e. The van der Waals surface area contributed by atoms with Gasteiger partial charge in [0.25, 0.3) is 0 Å². The van der Waals surface area contributed by atoms with Crippen LogP contribution in [0.3, 0.4) is 0 Å². The SMILES string of the molecule is CCOc1cccc(C(C)(C)CC(C)N)c1. The van der Waals surface area contributed by atoms with Gasteiger partial charge in [-0.2, -0.15) is 0 Å². The summed E-state index contributed by atoms with van der Waals surface area (Å²) in [5.41, 5.74) is 7.27. The lowest BCUT2D eigenvalue weighted by atomic mass is 9.79. The van der Waals surface area contributed by atoms with E-state index in [9.17, 15) is 0 Å². The minimum Gasteiger partial charge on any atom is -0.494 e. The van der Waals surface area contributed by atoms with E-state index in [1.165, 1.54) is 5.56 Å². The summed E-state index contributed by atoms with van der Waals surface area (Å²) >= 11 is 0. The van der Waals surface area contributed by atoms with Gasteiger partial charge < -0.3 is 10.5 Å². The molecule has 1 atom stereocenters. The molecule has 2 nitrogen and oxygen atoms in total. The zero-order chi connectivity index (χ0) is 12.2. The molecule has 16 heavy (non-hydrogen) atoms. The number of benzene rings is 1. The fourth-order valence-corrected chi connectivity index (χ4v) is 2.10. The summed E-state index contributed by atoms with van der Waals surface area (Å²) < 4.78 is 5.52. The Morgan fingerprint density at radius 3 is 2.62 bits per heavy atom. The van der Waals surface area contributed by atoms with Crippen LogP contribution in [0.2, 0.25) is 0 Å². The number of nitrogens with two attached hydrogens (primary N) is 1. The molecule has 0 saturated heterocycles. The summed E-state index contributed by atoms with van der Waals surface area (Å²) in [6.45, 7) is 9.20. The highest BCUT2D eigenvalue weighted by Gasteiger charge is 2.22. The molecule has 0 fully saturated rings. The second-order valence-corrected chi connectivity index (χ2v) is 5.03. The van der Waals surface area contributed by atoms with E-state index in [0.717, 1.165) is 12.2 Å². The van der Waals surface area contributed by atoms with E-state index in [1.807, 2.05) is 26.0 Å². The van der Waals surface area contributed by atoms with Gasteiger partial charge in [0.1, 0.15) is 5.75 Å². The van der Waals surface area contributed by atoms with E-state index in [4.69, 9.17) is 10.5 Å². The van der Waals surface area contributed by atoms with Crippen LogP contribution in [0, 0.1) is 0 Å². The first-order valence-corrected chi connectivity index (χ1v) is 5.94. The van der Waals surface area contributed by atoms with E-state index in [1.54, 1.807) is 0 Å². The zero-order valence-corrected chi connectivity index (χ0v) is 10.8. The molecular weight excluding hydrogens is 198 g/mol. The van der Waals surface area contributed by atoms with Crippen LogP contribution in [0.1, 0.15) is 39.7 Å². The van der Waals surface area contributed by atoms with Gasteiger partial charge in [-0.15, -0.1) is 0 Å². The van der Waals surface area contributed by atoms with Crippen LogP contribution in [0.5, 0.6) is 5.75 Å².